The first-order valence-corrected chi connectivity index (χ1v) is 19.3. The van der Waals surface area contributed by atoms with Crippen molar-refractivity contribution in [3.63, 3.8) is 0 Å². The van der Waals surface area contributed by atoms with Crippen LogP contribution in [0.2, 0.25) is 18.1 Å². The van der Waals surface area contributed by atoms with Gasteiger partial charge >= 0.3 is 6.09 Å². The second-order valence-electron chi connectivity index (χ2n) is 14.0. The van der Waals surface area contributed by atoms with E-state index >= 15 is 0 Å². The van der Waals surface area contributed by atoms with Gasteiger partial charge in [0.2, 0.25) is 0 Å². The van der Waals surface area contributed by atoms with Crippen LogP contribution in [0.3, 0.4) is 0 Å². The minimum absolute atomic E-state index is 0.0249. The summed E-state index contributed by atoms with van der Waals surface area (Å²) in [5, 5.41) is 29.4. The van der Waals surface area contributed by atoms with Crippen LogP contribution in [-0.2, 0) is 26.0 Å². The lowest BCUT2D eigenvalue weighted by atomic mass is 9.69. The molecule has 2 aromatic carbocycles. The van der Waals surface area contributed by atoms with E-state index in [1.165, 1.54) is 12.1 Å². The summed E-state index contributed by atoms with van der Waals surface area (Å²) in [6.07, 6.45) is 0.575. The number of epoxide rings is 1. The van der Waals surface area contributed by atoms with Crippen molar-refractivity contribution in [1.82, 2.24) is 5.32 Å². The number of aliphatic hydroxyl groups excluding tert-OH is 1. The number of hydrogen-bond donors (Lipinski definition) is 4. The lowest BCUT2D eigenvalue weighted by molar-refractivity contribution is 0.0523. The molecule has 2 aliphatic carbocycles. The van der Waals surface area contributed by atoms with E-state index < -0.39 is 66.8 Å². The third-order valence-electron chi connectivity index (χ3n) is 10.2. The van der Waals surface area contributed by atoms with Gasteiger partial charge in [0.15, 0.2) is 37.2 Å². The molecule has 2 aromatic rings. The number of allylic oxidation sites excluding steroid dienone is 2. The average molecular weight is 683 g/mol. The number of aromatic hydroxyl groups is 1. The van der Waals surface area contributed by atoms with Gasteiger partial charge in [0.25, 0.3) is 0 Å². The molecule has 4 N–H and O–H groups in total. The highest BCUT2D eigenvalue weighted by atomic mass is 28.4. The number of hydrogen-bond acceptors (Lipinski definition) is 9. The summed E-state index contributed by atoms with van der Waals surface area (Å²) in [5.41, 5.74) is -2.24. The lowest BCUT2D eigenvalue weighted by Crippen LogP contribution is -2.57. The minimum atomic E-state index is -2.19. The highest BCUT2D eigenvalue weighted by molar-refractivity contribution is 6.73. The molecule has 1 saturated heterocycles. The van der Waals surface area contributed by atoms with E-state index in [2.05, 4.69) is 55.1 Å². The Morgan fingerprint density at radius 1 is 1.04 bits per heavy atom. The van der Waals surface area contributed by atoms with Crippen molar-refractivity contribution in [3.8, 4) is 29.4 Å². The molecule has 0 spiro atoms. The number of nitrogens with one attached hydrogen (secondary N) is 2. The summed E-state index contributed by atoms with van der Waals surface area (Å²) >= 11 is 0. The van der Waals surface area contributed by atoms with Crippen LogP contribution >= 0.6 is 0 Å². The van der Waals surface area contributed by atoms with Crippen LogP contribution in [0.15, 0.2) is 36.4 Å². The SMILES string of the molecule is CC[Si](CC)(CC)O[C@H](C)[C@@]12O[C@]13c1cc(O)c4c(c1N[C@H]2C#C/C=C\C#C[C@H]3O)C(=O)c1ccc(CNC(=O)OC(C)(C)C)cc1C4=O. The highest BCUT2D eigenvalue weighted by Gasteiger charge is 2.82. The van der Waals surface area contributed by atoms with Gasteiger partial charge in [0, 0.05) is 23.2 Å². The van der Waals surface area contributed by atoms with Crippen LogP contribution in [0.25, 0.3) is 0 Å². The highest BCUT2D eigenvalue weighted by Crippen LogP contribution is 2.68. The molecule has 2 aliphatic heterocycles. The van der Waals surface area contributed by atoms with E-state index in [1.807, 2.05) is 6.92 Å². The molecule has 1 amide bonds. The monoisotopic (exact) mass is 682 g/mol. The third-order valence-corrected chi connectivity index (χ3v) is 14.9. The predicted molar refractivity (Wildman–Crippen MR) is 186 cm³/mol. The number of fused-ring (bicyclic) bond motifs is 4. The lowest BCUT2D eigenvalue weighted by Gasteiger charge is -2.41. The van der Waals surface area contributed by atoms with E-state index in [-0.39, 0.29) is 34.5 Å². The van der Waals surface area contributed by atoms with Crippen LogP contribution in [0, 0.1) is 23.7 Å². The van der Waals surface area contributed by atoms with Gasteiger partial charge in [-0.15, -0.1) is 0 Å². The first-order valence-electron chi connectivity index (χ1n) is 16.8. The molecule has 1 fully saturated rings. The van der Waals surface area contributed by atoms with Crippen LogP contribution in [0.1, 0.15) is 91.4 Å². The number of alkyl carbamates (subject to hydrolysis) is 1. The number of aliphatic hydroxyl groups is 1. The van der Waals surface area contributed by atoms with Gasteiger partial charge in [0.05, 0.1) is 22.9 Å². The first-order chi connectivity index (χ1) is 23.2. The zero-order chi connectivity index (χ0) is 35.5. The summed E-state index contributed by atoms with van der Waals surface area (Å²) in [6.45, 7) is 13.6. The summed E-state index contributed by atoms with van der Waals surface area (Å²) < 4.78 is 18.9. The van der Waals surface area contributed by atoms with Crippen LogP contribution in [0.4, 0.5) is 10.5 Å². The molecule has 0 unspecified atom stereocenters. The van der Waals surface area contributed by atoms with Crippen LogP contribution < -0.4 is 10.6 Å². The molecular formula is C38H42N2O8Si. The Labute approximate surface area is 287 Å². The Morgan fingerprint density at radius 2 is 1.69 bits per heavy atom. The van der Waals surface area contributed by atoms with Crippen molar-refractivity contribution >= 4 is 31.7 Å². The maximum absolute atomic E-state index is 14.3. The Morgan fingerprint density at radius 3 is 2.35 bits per heavy atom. The summed E-state index contributed by atoms with van der Waals surface area (Å²) in [6, 6.07) is 8.02. The standard InChI is InChI=1S/C38H42N2O8Si/c1-8-49(9-2,10-3)47-22(4)37-28-15-13-11-12-14-16-29(42)38(37,48-37)26-20-27(41)30-31(32(26)40-28)33(43)24-18-17-23(19-25(24)34(30)44)21-39-35(45)46-36(5,6)7/h11-12,17-20,22,28-29,40-42H,8-10,21H2,1-7H3,(H,39,45)/b12-11-/t22-,28+,29-,37+,38+/m1/s1. The first kappa shape index (κ1) is 34.5. The fraction of sp³-hybridized carbons (Fsp3) is 0.447. The van der Waals surface area contributed by atoms with Gasteiger partial charge in [-0.2, -0.15) is 0 Å². The number of ether oxygens (including phenoxy) is 2. The molecule has 10 nitrogen and oxygen atoms in total. The number of benzene rings is 2. The van der Waals surface area contributed by atoms with Crippen molar-refractivity contribution < 1.29 is 38.5 Å². The van der Waals surface area contributed by atoms with Crippen molar-refractivity contribution in [2.75, 3.05) is 5.32 Å². The number of anilines is 1. The number of ketones is 2. The zero-order valence-corrected chi connectivity index (χ0v) is 29.9. The van der Waals surface area contributed by atoms with E-state index in [4.69, 9.17) is 13.9 Å². The summed E-state index contributed by atoms with van der Waals surface area (Å²) in [7, 11) is -2.19. The third kappa shape index (κ3) is 5.37. The Balaban J connectivity index is 1.45. The molecule has 0 saturated carbocycles. The number of rotatable bonds is 8. The van der Waals surface area contributed by atoms with Crippen molar-refractivity contribution in [3.05, 3.63) is 69.8 Å². The Kier molecular flexibility index (Phi) is 8.57. The number of carbonyl (C=O) groups is 3. The summed E-state index contributed by atoms with van der Waals surface area (Å²) in [4.78, 5) is 40.6. The maximum Gasteiger partial charge on any atom is 0.407 e. The molecule has 5 atom stereocenters. The van der Waals surface area contributed by atoms with Crippen LogP contribution in [0.5, 0.6) is 5.75 Å². The summed E-state index contributed by atoms with van der Waals surface area (Å²) in [5.74, 6) is 10.5. The van der Waals surface area contributed by atoms with Crippen molar-refractivity contribution in [1.29, 1.82) is 0 Å². The Bertz CT molecular complexity index is 1910. The largest absolute Gasteiger partial charge is 0.507 e. The fourth-order valence-electron chi connectivity index (χ4n) is 7.53. The van der Waals surface area contributed by atoms with Gasteiger partial charge in [0.1, 0.15) is 17.4 Å². The Hall–Kier alpha value is -4.39. The molecular weight excluding hydrogens is 641 g/mol. The van der Waals surface area contributed by atoms with Crippen LogP contribution in [-0.4, -0.2) is 65.6 Å². The number of phenols is 1. The number of amides is 1. The average Bonchev–Trinajstić information content (AvgIpc) is 3.79. The van der Waals surface area contributed by atoms with E-state index in [9.17, 15) is 24.6 Å². The predicted octanol–water partition coefficient (Wildman–Crippen LogP) is 5.30. The van der Waals surface area contributed by atoms with E-state index in [0.717, 1.165) is 18.1 Å². The quantitative estimate of drug-likeness (QED) is 0.108. The molecule has 256 valence electrons. The van der Waals surface area contributed by atoms with Gasteiger partial charge in [-0.05, 0) is 81.7 Å². The number of carbonyl (C=O) groups excluding carboxylic acids is 3. The molecule has 2 bridgehead atoms. The van der Waals surface area contributed by atoms with E-state index in [0.29, 0.717) is 11.1 Å². The van der Waals surface area contributed by atoms with E-state index in [1.54, 1.807) is 45.1 Å². The zero-order valence-electron chi connectivity index (χ0n) is 28.9. The molecule has 0 aromatic heterocycles. The van der Waals surface area contributed by atoms with Gasteiger partial charge in [-0.25, -0.2) is 4.79 Å². The van der Waals surface area contributed by atoms with Crippen molar-refractivity contribution in [2.24, 2.45) is 0 Å². The van der Waals surface area contributed by atoms with Gasteiger partial charge in [-0.3, -0.25) is 9.59 Å². The molecule has 2 heterocycles. The topological polar surface area (TPSA) is 147 Å². The normalized spacial score (nSPS) is 25.7. The minimum Gasteiger partial charge on any atom is -0.507 e. The molecule has 0 radical (unpaired) electrons. The second-order valence-corrected chi connectivity index (χ2v) is 18.7. The van der Waals surface area contributed by atoms with Gasteiger partial charge < -0.3 is 34.7 Å². The number of phenolic OH excluding ortho intramolecular Hbond substituents is 1. The maximum atomic E-state index is 14.3. The molecule has 49 heavy (non-hydrogen) atoms. The fourth-order valence-corrected chi connectivity index (χ4v) is 10.5. The molecule has 11 heteroatoms. The molecule has 4 aliphatic rings. The van der Waals surface area contributed by atoms with Gasteiger partial charge in [-0.1, -0.05) is 50.5 Å². The smallest absolute Gasteiger partial charge is 0.407 e. The molecule has 6 rings (SSSR count). The second kappa shape index (κ2) is 12.2. The van der Waals surface area contributed by atoms with Crippen molar-refractivity contribution in [2.45, 2.75) is 108 Å².